The van der Waals surface area contributed by atoms with Crippen molar-refractivity contribution in [3.05, 3.63) is 30.1 Å². The molecule has 2 fully saturated rings. The van der Waals surface area contributed by atoms with Crippen LogP contribution in [0, 0.1) is 17.7 Å². The van der Waals surface area contributed by atoms with Crippen LogP contribution in [0.2, 0.25) is 0 Å². The highest BCUT2D eigenvalue weighted by Gasteiger charge is 2.33. The maximum Gasteiger partial charge on any atom is 0.238 e. The fourth-order valence-corrected chi connectivity index (χ4v) is 3.19. The molecule has 2 heterocycles. The lowest BCUT2D eigenvalue weighted by Gasteiger charge is -2.33. The summed E-state index contributed by atoms with van der Waals surface area (Å²) in [6.07, 6.45) is 1.17. The molecule has 1 amide bonds. The Morgan fingerprint density at radius 2 is 2.05 bits per heavy atom. The Hall–Kier alpha value is -1.46. The van der Waals surface area contributed by atoms with E-state index in [0.29, 0.717) is 18.2 Å². The molecule has 1 aromatic carbocycles. The van der Waals surface area contributed by atoms with E-state index in [4.69, 9.17) is 0 Å². The third kappa shape index (κ3) is 3.16. The molecule has 0 radical (unpaired) electrons. The van der Waals surface area contributed by atoms with Crippen molar-refractivity contribution in [3.8, 4) is 0 Å². The first-order chi connectivity index (χ1) is 9.70. The number of carbonyl (C=O) groups is 1. The topological polar surface area (TPSA) is 44.4 Å². The van der Waals surface area contributed by atoms with E-state index < -0.39 is 0 Å². The predicted octanol–water partition coefficient (Wildman–Crippen LogP) is 1.31. The molecular formula is C15H20FN3O. The Bertz CT molecular complexity index is 477. The number of halogens is 1. The average molecular weight is 277 g/mol. The first-order valence-corrected chi connectivity index (χ1v) is 7.19. The summed E-state index contributed by atoms with van der Waals surface area (Å²) in [5, 5.41) is 6.23. The highest BCUT2D eigenvalue weighted by Crippen LogP contribution is 2.26. The van der Waals surface area contributed by atoms with Crippen molar-refractivity contribution in [1.29, 1.82) is 0 Å². The maximum absolute atomic E-state index is 12.8. The zero-order valence-electron chi connectivity index (χ0n) is 11.4. The summed E-state index contributed by atoms with van der Waals surface area (Å²) < 4.78 is 12.8. The molecule has 2 aliphatic rings. The van der Waals surface area contributed by atoms with Gasteiger partial charge in [-0.3, -0.25) is 9.69 Å². The van der Waals surface area contributed by atoms with Crippen LogP contribution in [0.4, 0.5) is 10.1 Å². The van der Waals surface area contributed by atoms with Crippen molar-refractivity contribution in [2.45, 2.75) is 6.42 Å². The maximum atomic E-state index is 12.8. The average Bonchev–Trinajstić information content (AvgIpc) is 2.89. The van der Waals surface area contributed by atoms with Crippen LogP contribution in [0.15, 0.2) is 24.3 Å². The van der Waals surface area contributed by atoms with Gasteiger partial charge in [-0.1, -0.05) is 0 Å². The van der Waals surface area contributed by atoms with E-state index in [2.05, 4.69) is 15.5 Å². The second kappa shape index (κ2) is 5.89. The van der Waals surface area contributed by atoms with Crippen LogP contribution in [-0.4, -0.2) is 43.5 Å². The van der Waals surface area contributed by atoms with Crippen LogP contribution in [-0.2, 0) is 4.79 Å². The zero-order valence-corrected chi connectivity index (χ0v) is 11.4. The molecule has 108 valence electrons. The van der Waals surface area contributed by atoms with Gasteiger partial charge in [-0.05, 0) is 62.2 Å². The van der Waals surface area contributed by atoms with E-state index in [1.54, 1.807) is 12.1 Å². The number of amides is 1. The number of benzene rings is 1. The Balaban J connectivity index is 1.50. The number of rotatable bonds is 3. The number of nitrogens with one attached hydrogen (secondary N) is 2. The van der Waals surface area contributed by atoms with E-state index in [0.717, 1.165) is 32.1 Å². The molecule has 0 bridgehead atoms. The third-order valence-electron chi connectivity index (χ3n) is 4.28. The third-order valence-corrected chi connectivity index (χ3v) is 4.28. The van der Waals surface area contributed by atoms with Gasteiger partial charge >= 0.3 is 0 Å². The van der Waals surface area contributed by atoms with Crippen molar-refractivity contribution in [2.75, 3.05) is 38.0 Å². The van der Waals surface area contributed by atoms with Crippen LogP contribution in [0.3, 0.4) is 0 Å². The quantitative estimate of drug-likeness (QED) is 0.875. The van der Waals surface area contributed by atoms with Gasteiger partial charge in [0.1, 0.15) is 5.82 Å². The molecular weight excluding hydrogens is 257 g/mol. The molecule has 2 N–H and O–H groups in total. The Morgan fingerprint density at radius 3 is 2.85 bits per heavy atom. The zero-order chi connectivity index (χ0) is 13.9. The minimum atomic E-state index is -0.293. The van der Waals surface area contributed by atoms with Crippen LogP contribution in [0.1, 0.15) is 6.42 Å². The number of piperidine rings is 1. The van der Waals surface area contributed by atoms with Gasteiger partial charge in [0, 0.05) is 12.2 Å². The van der Waals surface area contributed by atoms with Gasteiger partial charge in [0.2, 0.25) is 5.91 Å². The van der Waals surface area contributed by atoms with Crippen molar-refractivity contribution < 1.29 is 9.18 Å². The summed E-state index contributed by atoms with van der Waals surface area (Å²) in [7, 11) is 0. The smallest absolute Gasteiger partial charge is 0.238 e. The number of hydrogen-bond donors (Lipinski definition) is 2. The van der Waals surface area contributed by atoms with Gasteiger partial charge < -0.3 is 10.6 Å². The molecule has 0 aliphatic carbocycles. The molecule has 4 nitrogen and oxygen atoms in total. The second-order valence-electron chi connectivity index (χ2n) is 5.76. The summed E-state index contributed by atoms with van der Waals surface area (Å²) in [6, 6.07) is 5.87. The number of nitrogens with zero attached hydrogens (tertiary/aromatic N) is 1. The van der Waals surface area contributed by atoms with Crippen LogP contribution >= 0.6 is 0 Å². The molecule has 3 rings (SSSR count). The van der Waals surface area contributed by atoms with Crippen molar-refractivity contribution >= 4 is 11.6 Å². The lowest BCUT2D eigenvalue weighted by Crippen LogP contribution is -2.43. The molecule has 0 spiro atoms. The molecule has 20 heavy (non-hydrogen) atoms. The molecule has 5 heteroatoms. The van der Waals surface area contributed by atoms with Gasteiger partial charge in [0.25, 0.3) is 0 Å². The molecule has 2 aliphatic heterocycles. The fraction of sp³-hybridized carbons (Fsp3) is 0.533. The molecule has 2 unspecified atom stereocenters. The molecule has 2 atom stereocenters. The first-order valence-electron chi connectivity index (χ1n) is 7.19. The standard InChI is InChI=1S/C15H20FN3O/c16-13-1-3-14(4-2-13)18-15(20)10-19-6-5-11-7-17-8-12(11)9-19/h1-4,11-12,17H,5-10H2,(H,18,20). The van der Waals surface area contributed by atoms with Crippen molar-refractivity contribution in [3.63, 3.8) is 0 Å². The molecule has 1 aromatic rings. The van der Waals surface area contributed by atoms with Gasteiger partial charge in [0.05, 0.1) is 6.54 Å². The van der Waals surface area contributed by atoms with Crippen LogP contribution in [0.5, 0.6) is 0 Å². The number of fused-ring (bicyclic) bond motifs is 1. The molecule has 0 saturated carbocycles. The van der Waals surface area contributed by atoms with Gasteiger partial charge in [-0.2, -0.15) is 0 Å². The lowest BCUT2D eigenvalue weighted by molar-refractivity contribution is -0.117. The van der Waals surface area contributed by atoms with E-state index in [1.807, 2.05) is 0 Å². The van der Waals surface area contributed by atoms with Gasteiger partial charge in [0.15, 0.2) is 0 Å². The van der Waals surface area contributed by atoms with Gasteiger partial charge in [-0.15, -0.1) is 0 Å². The second-order valence-corrected chi connectivity index (χ2v) is 5.76. The number of anilines is 1. The summed E-state index contributed by atoms with van der Waals surface area (Å²) in [6.45, 7) is 4.59. The predicted molar refractivity (Wildman–Crippen MR) is 75.9 cm³/mol. The van der Waals surface area contributed by atoms with Crippen LogP contribution in [0.25, 0.3) is 0 Å². The van der Waals surface area contributed by atoms with Gasteiger partial charge in [-0.25, -0.2) is 4.39 Å². The summed E-state index contributed by atoms with van der Waals surface area (Å²) in [5.41, 5.74) is 0.647. The summed E-state index contributed by atoms with van der Waals surface area (Å²) >= 11 is 0. The number of carbonyl (C=O) groups excluding carboxylic acids is 1. The van der Waals surface area contributed by atoms with E-state index >= 15 is 0 Å². The van der Waals surface area contributed by atoms with Crippen LogP contribution < -0.4 is 10.6 Å². The Labute approximate surface area is 118 Å². The largest absolute Gasteiger partial charge is 0.325 e. The van der Waals surface area contributed by atoms with Crippen molar-refractivity contribution in [1.82, 2.24) is 10.2 Å². The molecule has 0 aromatic heterocycles. The number of likely N-dealkylation sites (tertiary alicyclic amines) is 1. The first kappa shape index (κ1) is 13.5. The fourth-order valence-electron chi connectivity index (χ4n) is 3.19. The highest BCUT2D eigenvalue weighted by molar-refractivity contribution is 5.92. The highest BCUT2D eigenvalue weighted by atomic mass is 19.1. The summed E-state index contributed by atoms with van der Waals surface area (Å²) in [4.78, 5) is 14.2. The van der Waals surface area contributed by atoms with Crippen molar-refractivity contribution in [2.24, 2.45) is 11.8 Å². The molecule has 2 saturated heterocycles. The SMILES string of the molecule is O=C(CN1CCC2CNCC2C1)Nc1ccc(F)cc1. The van der Waals surface area contributed by atoms with E-state index in [-0.39, 0.29) is 11.7 Å². The van der Waals surface area contributed by atoms with E-state index in [9.17, 15) is 9.18 Å². The summed E-state index contributed by atoms with van der Waals surface area (Å²) in [5.74, 6) is 1.15. The normalized spacial score (nSPS) is 26.2. The number of hydrogen-bond acceptors (Lipinski definition) is 3. The van der Waals surface area contributed by atoms with E-state index in [1.165, 1.54) is 18.6 Å². The Morgan fingerprint density at radius 1 is 1.30 bits per heavy atom. The minimum absolute atomic E-state index is 0.0268. The minimum Gasteiger partial charge on any atom is -0.325 e. The monoisotopic (exact) mass is 277 g/mol. The lowest BCUT2D eigenvalue weighted by atomic mass is 9.89. The Kier molecular flexibility index (Phi) is 3.98.